The average Bonchev–Trinajstić information content (AvgIpc) is 2.68. The fourth-order valence-corrected chi connectivity index (χ4v) is 2.85. The summed E-state index contributed by atoms with van der Waals surface area (Å²) in [5.41, 5.74) is 2.15. The highest BCUT2D eigenvalue weighted by atomic mass is 16.5. The second-order valence-electron chi connectivity index (χ2n) is 5.85. The zero-order chi connectivity index (χ0) is 17.5. The van der Waals surface area contributed by atoms with Crippen molar-refractivity contribution in [3.63, 3.8) is 0 Å². The Labute approximate surface area is 148 Å². The van der Waals surface area contributed by atoms with Gasteiger partial charge in [0.15, 0.2) is 0 Å². The van der Waals surface area contributed by atoms with Crippen LogP contribution >= 0.6 is 0 Å². The van der Waals surface area contributed by atoms with Gasteiger partial charge in [-0.15, -0.1) is 0 Å². The van der Waals surface area contributed by atoms with Crippen LogP contribution in [0.5, 0.6) is 5.75 Å². The quantitative estimate of drug-likeness (QED) is 0.787. The largest absolute Gasteiger partial charge is 0.494 e. The number of benzene rings is 1. The van der Waals surface area contributed by atoms with Crippen molar-refractivity contribution in [1.82, 2.24) is 9.88 Å². The van der Waals surface area contributed by atoms with Gasteiger partial charge in [-0.2, -0.15) is 0 Å². The van der Waals surface area contributed by atoms with Crippen LogP contribution in [-0.4, -0.2) is 48.6 Å². The average molecular weight is 337 g/mol. The van der Waals surface area contributed by atoms with E-state index < -0.39 is 0 Å². The highest BCUT2D eigenvalue weighted by molar-refractivity contribution is 5.92. The van der Waals surface area contributed by atoms with Gasteiger partial charge in [0, 0.05) is 50.3 Å². The van der Waals surface area contributed by atoms with Gasteiger partial charge in [-0.3, -0.25) is 9.78 Å². The summed E-state index contributed by atoms with van der Waals surface area (Å²) >= 11 is 0. The van der Waals surface area contributed by atoms with Crippen molar-refractivity contribution < 1.29 is 9.53 Å². The first kappa shape index (κ1) is 17.0. The van der Waals surface area contributed by atoms with Crippen molar-refractivity contribution >= 4 is 17.7 Å². The van der Waals surface area contributed by atoms with Gasteiger partial charge in [-0.25, -0.2) is 0 Å². The lowest BCUT2D eigenvalue weighted by atomic mass is 10.2. The van der Waals surface area contributed by atoms with Crippen molar-refractivity contribution in [3.05, 3.63) is 60.4 Å². The third-order valence-electron chi connectivity index (χ3n) is 4.23. The molecule has 0 spiro atoms. The van der Waals surface area contributed by atoms with Crippen LogP contribution in [0.4, 0.5) is 5.69 Å². The molecule has 1 aromatic heterocycles. The topological polar surface area (TPSA) is 45.7 Å². The van der Waals surface area contributed by atoms with E-state index >= 15 is 0 Å². The number of ether oxygens (including phenoxy) is 1. The van der Waals surface area contributed by atoms with Crippen molar-refractivity contribution in [3.8, 4) is 5.75 Å². The number of amides is 1. The zero-order valence-corrected chi connectivity index (χ0v) is 14.5. The Bertz CT molecular complexity index is 705. The monoisotopic (exact) mass is 337 g/mol. The zero-order valence-electron chi connectivity index (χ0n) is 14.5. The lowest BCUT2D eigenvalue weighted by molar-refractivity contribution is -0.126. The Morgan fingerprint density at radius 1 is 1.08 bits per heavy atom. The molecule has 0 aliphatic carbocycles. The summed E-state index contributed by atoms with van der Waals surface area (Å²) in [5, 5.41) is 0. The van der Waals surface area contributed by atoms with Gasteiger partial charge in [0.05, 0.1) is 6.61 Å². The number of carbonyl (C=O) groups is 1. The van der Waals surface area contributed by atoms with E-state index in [2.05, 4.69) is 9.88 Å². The maximum Gasteiger partial charge on any atom is 0.246 e. The lowest BCUT2D eigenvalue weighted by Gasteiger charge is -2.35. The molecule has 1 saturated heterocycles. The van der Waals surface area contributed by atoms with Gasteiger partial charge < -0.3 is 14.5 Å². The van der Waals surface area contributed by atoms with Crippen LogP contribution in [0.25, 0.3) is 6.08 Å². The predicted molar refractivity (Wildman–Crippen MR) is 99.7 cm³/mol. The highest BCUT2D eigenvalue weighted by Crippen LogP contribution is 2.16. The Morgan fingerprint density at radius 2 is 1.76 bits per heavy atom. The Hall–Kier alpha value is -2.82. The molecule has 0 bridgehead atoms. The van der Waals surface area contributed by atoms with Gasteiger partial charge in [-0.1, -0.05) is 12.1 Å². The molecule has 2 heterocycles. The fraction of sp³-hybridized carbons (Fsp3) is 0.300. The summed E-state index contributed by atoms with van der Waals surface area (Å²) in [4.78, 5) is 20.6. The number of hydrogen-bond donors (Lipinski definition) is 0. The lowest BCUT2D eigenvalue weighted by Crippen LogP contribution is -2.48. The minimum absolute atomic E-state index is 0.0586. The van der Waals surface area contributed by atoms with Crippen molar-refractivity contribution in [2.24, 2.45) is 0 Å². The highest BCUT2D eigenvalue weighted by Gasteiger charge is 2.19. The molecule has 25 heavy (non-hydrogen) atoms. The molecule has 0 atom stereocenters. The summed E-state index contributed by atoms with van der Waals surface area (Å²) in [5.74, 6) is 0.904. The van der Waals surface area contributed by atoms with E-state index in [1.165, 1.54) is 0 Å². The Morgan fingerprint density at radius 3 is 2.40 bits per heavy atom. The normalized spacial score (nSPS) is 14.8. The predicted octanol–water partition coefficient (Wildman–Crippen LogP) is 2.84. The number of rotatable bonds is 5. The van der Waals surface area contributed by atoms with Crippen molar-refractivity contribution in [2.45, 2.75) is 6.92 Å². The number of pyridine rings is 1. The molecule has 5 nitrogen and oxygen atoms in total. The molecule has 130 valence electrons. The summed E-state index contributed by atoms with van der Waals surface area (Å²) in [6.07, 6.45) is 7.10. The van der Waals surface area contributed by atoms with Crippen LogP contribution in [0.1, 0.15) is 12.5 Å². The minimum Gasteiger partial charge on any atom is -0.494 e. The first-order valence-electron chi connectivity index (χ1n) is 8.61. The van der Waals surface area contributed by atoms with E-state index in [1.54, 1.807) is 18.5 Å². The third kappa shape index (κ3) is 4.59. The number of nitrogens with zero attached hydrogens (tertiary/aromatic N) is 3. The van der Waals surface area contributed by atoms with Crippen LogP contribution in [0.2, 0.25) is 0 Å². The Balaban J connectivity index is 1.52. The molecule has 1 amide bonds. The van der Waals surface area contributed by atoms with Crippen molar-refractivity contribution in [2.75, 3.05) is 37.7 Å². The molecule has 2 aromatic rings. The standard InChI is InChI=1S/C20H23N3O2/c1-2-25-19-6-3-17(4-7-19)5-8-20(24)23-15-13-22(14-16-23)18-9-11-21-12-10-18/h3-12H,2,13-16H2,1H3/b8-5+. The maximum absolute atomic E-state index is 12.4. The fourth-order valence-electron chi connectivity index (χ4n) is 2.85. The van der Waals surface area contributed by atoms with Gasteiger partial charge in [-0.05, 0) is 42.8 Å². The number of hydrogen-bond acceptors (Lipinski definition) is 4. The number of carbonyl (C=O) groups excluding carboxylic acids is 1. The van der Waals surface area contributed by atoms with E-state index in [0.717, 1.165) is 43.2 Å². The Kier molecular flexibility index (Phi) is 5.67. The summed E-state index contributed by atoms with van der Waals surface area (Å²) in [6, 6.07) is 11.8. The van der Waals surface area contributed by atoms with Crippen molar-refractivity contribution in [1.29, 1.82) is 0 Å². The van der Waals surface area contributed by atoms with Gasteiger partial charge >= 0.3 is 0 Å². The van der Waals surface area contributed by atoms with E-state index in [0.29, 0.717) is 6.61 Å². The molecule has 1 aromatic carbocycles. The first-order chi connectivity index (χ1) is 12.3. The van der Waals surface area contributed by atoms with Crippen LogP contribution in [0, 0.1) is 0 Å². The summed E-state index contributed by atoms with van der Waals surface area (Å²) < 4.78 is 5.42. The molecule has 0 N–H and O–H groups in total. The summed E-state index contributed by atoms with van der Waals surface area (Å²) in [7, 11) is 0. The second kappa shape index (κ2) is 8.33. The molecular weight excluding hydrogens is 314 g/mol. The molecule has 0 unspecified atom stereocenters. The molecule has 3 rings (SSSR count). The number of anilines is 1. The molecule has 1 aliphatic heterocycles. The van der Waals surface area contributed by atoms with Crippen LogP contribution in [-0.2, 0) is 4.79 Å². The second-order valence-corrected chi connectivity index (χ2v) is 5.85. The molecule has 0 radical (unpaired) electrons. The van der Waals surface area contributed by atoms with E-state index in [4.69, 9.17) is 4.74 Å². The maximum atomic E-state index is 12.4. The van der Waals surface area contributed by atoms with E-state index in [9.17, 15) is 4.79 Å². The molecule has 0 saturated carbocycles. The third-order valence-corrected chi connectivity index (χ3v) is 4.23. The smallest absolute Gasteiger partial charge is 0.246 e. The minimum atomic E-state index is 0.0586. The van der Waals surface area contributed by atoms with Crippen LogP contribution in [0.15, 0.2) is 54.9 Å². The van der Waals surface area contributed by atoms with Gasteiger partial charge in [0.1, 0.15) is 5.75 Å². The molecule has 5 heteroatoms. The van der Waals surface area contributed by atoms with E-state index in [1.807, 2.05) is 54.3 Å². The number of aromatic nitrogens is 1. The summed E-state index contributed by atoms with van der Waals surface area (Å²) in [6.45, 7) is 5.75. The SMILES string of the molecule is CCOc1ccc(/C=C/C(=O)N2CCN(c3ccncc3)CC2)cc1. The van der Waals surface area contributed by atoms with Gasteiger partial charge in [0.2, 0.25) is 5.91 Å². The molecule has 1 fully saturated rings. The van der Waals surface area contributed by atoms with Crippen LogP contribution < -0.4 is 9.64 Å². The molecular formula is C20H23N3O2. The molecule has 1 aliphatic rings. The first-order valence-corrected chi connectivity index (χ1v) is 8.61. The van der Waals surface area contributed by atoms with Crippen LogP contribution in [0.3, 0.4) is 0 Å². The van der Waals surface area contributed by atoms with E-state index in [-0.39, 0.29) is 5.91 Å². The number of piperazine rings is 1. The van der Waals surface area contributed by atoms with Gasteiger partial charge in [0.25, 0.3) is 0 Å².